The Morgan fingerprint density at radius 1 is 1.30 bits per heavy atom. The van der Waals surface area contributed by atoms with Crippen molar-refractivity contribution in [1.82, 2.24) is 4.98 Å². The monoisotopic (exact) mass is 289 g/mol. The fourth-order valence-electron chi connectivity index (χ4n) is 2.18. The van der Waals surface area contributed by atoms with Gasteiger partial charge >= 0.3 is 0 Å². The number of Topliss-reactive ketones (excluding diaryl/α,β-unsaturated/α-hetero) is 1. The second-order valence-corrected chi connectivity index (χ2v) is 5.03. The van der Waals surface area contributed by atoms with Crippen molar-refractivity contribution in [3.8, 4) is 5.75 Å². The molecule has 1 aromatic heterocycles. The zero-order valence-electron chi connectivity index (χ0n) is 11.7. The van der Waals surface area contributed by atoms with E-state index >= 15 is 0 Å². The molecule has 4 heteroatoms. The highest BCUT2D eigenvalue weighted by atomic mass is 35.5. The van der Waals surface area contributed by atoms with E-state index in [2.05, 4.69) is 4.98 Å². The van der Waals surface area contributed by atoms with Crippen molar-refractivity contribution >= 4 is 17.4 Å². The molecule has 0 amide bonds. The van der Waals surface area contributed by atoms with Crippen LogP contribution in [0.2, 0.25) is 5.02 Å². The Morgan fingerprint density at radius 3 is 2.65 bits per heavy atom. The Bertz CT molecular complexity index is 653. The molecule has 104 valence electrons. The molecule has 0 aliphatic rings. The number of hydrogen-bond donors (Lipinski definition) is 0. The third kappa shape index (κ3) is 2.83. The number of pyridine rings is 1. The highest BCUT2D eigenvalue weighted by Gasteiger charge is 2.15. The lowest BCUT2D eigenvalue weighted by molar-refractivity contribution is 0.0992. The van der Waals surface area contributed by atoms with E-state index in [1.54, 1.807) is 37.6 Å². The molecule has 0 unspecified atom stereocenters. The average Bonchev–Trinajstić information content (AvgIpc) is 2.43. The average molecular weight is 290 g/mol. The molecule has 0 aliphatic heterocycles. The molecule has 3 nitrogen and oxygen atoms in total. The molecule has 0 atom stereocenters. The summed E-state index contributed by atoms with van der Waals surface area (Å²) >= 11 is 6.04. The Morgan fingerprint density at radius 2 is 2.00 bits per heavy atom. The van der Waals surface area contributed by atoms with Crippen LogP contribution in [0.1, 0.15) is 27.2 Å². The Kier molecular flexibility index (Phi) is 4.40. The van der Waals surface area contributed by atoms with E-state index < -0.39 is 0 Å². The fraction of sp³-hybridized carbons (Fsp3) is 0.250. The molecule has 20 heavy (non-hydrogen) atoms. The first-order valence-corrected chi connectivity index (χ1v) is 6.69. The molecule has 0 N–H and O–H groups in total. The molecule has 0 spiro atoms. The largest absolute Gasteiger partial charge is 0.496 e. The number of hydrogen-bond acceptors (Lipinski definition) is 3. The number of aryl methyl sites for hydroxylation is 1. The van der Waals surface area contributed by atoms with Gasteiger partial charge in [-0.1, -0.05) is 23.7 Å². The van der Waals surface area contributed by atoms with Crippen LogP contribution < -0.4 is 4.74 Å². The number of aromatic nitrogens is 1. The highest BCUT2D eigenvalue weighted by molar-refractivity contribution is 6.34. The predicted octanol–water partition coefficient (Wildman–Crippen LogP) is 3.79. The van der Waals surface area contributed by atoms with Gasteiger partial charge in [0.05, 0.1) is 24.2 Å². The van der Waals surface area contributed by atoms with Gasteiger partial charge < -0.3 is 4.74 Å². The van der Waals surface area contributed by atoms with E-state index in [0.717, 1.165) is 22.6 Å². The van der Waals surface area contributed by atoms with Gasteiger partial charge in [0, 0.05) is 22.9 Å². The predicted molar refractivity (Wildman–Crippen MR) is 79.7 cm³/mol. The summed E-state index contributed by atoms with van der Waals surface area (Å²) in [5, 5.41) is 0.467. The molecular weight excluding hydrogens is 274 g/mol. The molecule has 2 rings (SSSR count). The third-order valence-corrected chi connectivity index (χ3v) is 3.58. The minimum absolute atomic E-state index is 0.0443. The first kappa shape index (κ1) is 14.5. The summed E-state index contributed by atoms with van der Waals surface area (Å²) < 4.78 is 5.35. The van der Waals surface area contributed by atoms with Crippen LogP contribution in [0, 0.1) is 13.8 Å². The summed E-state index contributed by atoms with van der Waals surface area (Å²) in [6, 6.07) is 7.04. The highest BCUT2D eigenvalue weighted by Crippen LogP contribution is 2.25. The first-order chi connectivity index (χ1) is 9.54. The molecule has 1 heterocycles. The van der Waals surface area contributed by atoms with Crippen molar-refractivity contribution in [3.05, 3.63) is 57.9 Å². The Balaban J connectivity index is 2.32. The van der Waals surface area contributed by atoms with Gasteiger partial charge in [0.2, 0.25) is 0 Å². The quantitative estimate of drug-likeness (QED) is 0.804. The number of ketones is 1. The number of carbonyl (C=O) groups excluding carboxylic acids is 1. The Labute approximate surface area is 123 Å². The molecule has 1 aromatic carbocycles. The molecule has 0 saturated carbocycles. The van der Waals surface area contributed by atoms with Gasteiger partial charge in [-0.05, 0) is 26.0 Å². The molecule has 0 saturated heterocycles. The minimum atomic E-state index is -0.0443. The van der Waals surface area contributed by atoms with Crippen LogP contribution >= 0.6 is 11.6 Å². The fourth-order valence-corrected chi connectivity index (χ4v) is 2.43. The summed E-state index contributed by atoms with van der Waals surface area (Å²) in [5.74, 6) is 0.735. The lowest BCUT2D eigenvalue weighted by Crippen LogP contribution is -2.08. The lowest BCUT2D eigenvalue weighted by atomic mass is 10.0. The zero-order valence-corrected chi connectivity index (χ0v) is 12.5. The molecule has 0 fully saturated rings. The standard InChI is InChI=1S/C16H16ClNO2/c1-10-9-18-14(11(2)16(10)20-3)8-15(19)12-6-4-5-7-13(12)17/h4-7,9H,8H2,1-3H3. The molecule has 0 radical (unpaired) electrons. The molecule has 0 bridgehead atoms. The van der Waals surface area contributed by atoms with Crippen LogP contribution in [0.25, 0.3) is 0 Å². The SMILES string of the molecule is COc1c(C)cnc(CC(=O)c2ccccc2Cl)c1C. The van der Waals surface area contributed by atoms with Gasteiger partial charge in [0.25, 0.3) is 0 Å². The van der Waals surface area contributed by atoms with Gasteiger partial charge in [-0.25, -0.2) is 0 Å². The van der Waals surface area contributed by atoms with E-state index in [4.69, 9.17) is 16.3 Å². The van der Waals surface area contributed by atoms with Crippen LogP contribution in [-0.4, -0.2) is 17.9 Å². The van der Waals surface area contributed by atoms with E-state index in [1.807, 2.05) is 13.8 Å². The van der Waals surface area contributed by atoms with Gasteiger partial charge in [0.1, 0.15) is 5.75 Å². The van der Waals surface area contributed by atoms with Crippen molar-refractivity contribution < 1.29 is 9.53 Å². The second-order valence-electron chi connectivity index (χ2n) is 4.63. The summed E-state index contributed by atoms with van der Waals surface area (Å²) in [4.78, 5) is 16.6. The number of halogens is 1. The number of rotatable bonds is 4. The van der Waals surface area contributed by atoms with Crippen molar-refractivity contribution in [2.75, 3.05) is 7.11 Å². The van der Waals surface area contributed by atoms with E-state index in [1.165, 1.54) is 0 Å². The van der Waals surface area contributed by atoms with Crippen molar-refractivity contribution in [3.63, 3.8) is 0 Å². The normalized spacial score (nSPS) is 10.4. The third-order valence-electron chi connectivity index (χ3n) is 3.25. The maximum absolute atomic E-state index is 12.3. The van der Waals surface area contributed by atoms with Crippen molar-refractivity contribution in [1.29, 1.82) is 0 Å². The summed E-state index contributed by atoms with van der Waals surface area (Å²) in [6.07, 6.45) is 1.94. The minimum Gasteiger partial charge on any atom is -0.496 e. The van der Waals surface area contributed by atoms with Crippen LogP contribution in [0.4, 0.5) is 0 Å². The maximum Gasteiger partial charge on any atom is 0.170 e. The van der Waals surface area contributed by atoms with Crippen LogP contribution in [-0.2, 0) is 6.42 Å². The first-order valence-electron chi connectivity index (χ1n) is 6.31. The Hall–Kier alpha value is -1.87. The van der Waals surface area contributed by atoms with E-state index in [-0.39, 0.29) is 12.2 Å². The van der Waals surface area contributed by atoms with Gasteiger partial charge in [0.15, 0.2) is 5.78 Å². The maximum atomic E-state index is 12.3. The van der Waals surface area contributed by atoms with Crippen LogP contribution in [0.5, 0.6) is 5.75 Å². The number of benzene rings is 1. The number of carbonyl (C=O) groups is 1. The second kappa shape index (κ2) is 6.06. The summed E-state index contributed by atoms with van der Waals surface area (Å²) in [5.41, 5.74) is 3.10. The van der Waals surface area contributed by atoms with Crippen LogP contribution in [0.15, 0.2) is 30.5 Å². The van der Waals surface area contributed by atoms with E-state index in [0.29, 0.717) is 10.6 Å². The molecular formula is C16H16ClNO2. The zero-order chi connectivity index (χ0) is 14.7. The van der Waals surface area contributed by atoms with Gasteiger partial charge in [-0.3, -0.25) is 9.78 Å². The lowest BCUT2D eigenvalue weighted by Gasteiger charge is -2.12. The number of methoxy groups -OCH3 is 1. The van der Waals surface area contributed by atoms with Gasteiger partial charge in [-0.2, -0.15) is 0 Å². The smallest absolute Gasteiger partial charge is 0.170 e. The van der Waals surface area contributed by atoms with Crippen LogP contribution in [0.3, 0.4) is 0 Å². The number of ether oxygens (including phenoxy) is 1. The topological polar surface area (TPSA) is 39.2 Å². The van der Waals surface area contributed by atoms with E-state index in [9.17, 15) is 4.79 Å². The van der Waals surface area contributed by atoms with Crippen molar-refractivity contribution in [2.45, 2.75) is 20.3 Å². The summed E-state index contributed by atoms with van der Waals surface area (Å²) in [7, 11) is 1.62. The molecule has 0 aliphatic carbocycles. The van der Waals surface area contributed by atoms with Gasteiger partial charge in [-0.15, -0.1) is 0 Å². The van der Waals surface area contributed by atoms with Crippen molar-refractivity contribution in [2.24, 2.45) is 0 Å². The number of nitrogens with zero attached hydrogens (tertiary/aromatic N) is 1. The molecule has 2 aromatic rings. The summed E-state index contributed by atoms with van der Waals surface area (Å²) in [6.45, 7) is 3.84.